The van der Waals surface area contributed by atoms with Gasteiger partial charge in [-0.05, 0) is 37.3 Å². The first-order valence-corrected chi connectivity index (χ1v) is 11.3. The third-order valence-corrected chi connectivity index (χ3v) is 5.50. The lowest BCUT2D eigenvalue weighted by atomic mass is 10.2. The predicted octanol–water partition coefficient (Wildman–Crippen LogP) is 5.82. The number of hydrogen-bond acceptors (Lipinski definition) is 9. The molecule has 4 N–H and O–H groups in total. The molecule has 1 aromatic carbocycles. The Morgan fingerprint density at radius 2 is 1.89 bits per heavy atom. The first kappa shape index (κ1) is 26.5. The molecule has 0 radical (unpaired) electrons. The third kappa shape index (κ3) is 6.41. The van der Waals surface area contributed by atoms with E-state index < -0.39 is 22.8 Å². The summed E-state index contributed by atoms with van der Waals surface area (Å²) in [5.41, 5.74) is 0.185. The number of aryl methyl sites for hydroxylation is 1. The second kappa shape index (κ2) is 10.8. The number of aromatic nitrogens is 5. The molecule has 0 aliphatic heterocycles. The largest absolute Gasteiger partial charge is 0.417 e. The van der Waals surface area contributed by atoms with Crippen molar-refractivity contribution in [2.45, 2.75) is 13.1 Å². The van der Waals surface area contributed by atoms with Crippen LogP contribution in [0.5, 0.6) is 0 Å². The number of rotatable bonds is 6. The molecule has 3 heterocycles. The highest BCUT2D eigenvalue weighted by Crippen LogP contribution is 2.37. The number of carbonyl (C=O) groups is 1. The Balaban J connectivity index is 1.41. The van der Waals surface area contributed by atoms with Crippen molar-refractivity contribution in [3.8, 4) is 6.07 Å². The molecule has 38 heavy (non-hydrogen) atoms. The van der Waals surface area contributed by atoms with Crippen molar-refractivity contribution in [2.75, 3.05) is 20.3 Å². The van der Waals surface area contributed by atoms with Gasteiger partial charge in [0.25, 0.3) is 0 Å². The zero-order chi connectivity index (χ0) is 27.4. The van der Waals surface area contributed by atoms with Crippen molar-refractivity contribution in [3.63, 3.8) is 0 Å². The number of anilines is 6. The van der Waals surface area contributed by atoms with Crippen molar-refractivity contribution in [2.24, 2.45) is 0 Å². The monoisotopic (exact) mass is 560 g/mol. The topological polar surface area (TPSA) is 148 Å². The Kier molecular flexibility index (Phi) is 7.55. The van der Waals surface area contributed by atoms with Crippen LogP contribution in [0.4, 0.5) is 52.7 Å². The van der Waals surface area contributed by atoms with E-state index in [9.17, 15) is 18.0 Å². The summed E-state index contributed by atoms with van der Waals surface area (Å²) < 4.78 is 40.1. The molecule has 2 amide bonds. The average molecular weight is 561 g/mol. The number of pyridine rings is 1. The fraction of sp³-hybridized carbons (Fsp3) is 0.0909. The second-order valence-corrected chi connectivity index (χ2v) is 8.39. The molecule has 0 atom stereocenters. The van der Waals surface area contributed by atoms with Gasteiger partial charge in [0.15, 0.2) is 5.82 Å². The number of nitrogens with zero attached hydrogens (tertiary/aromatic N) is 6. The lowest BCUT2D eigenvalue weighted by Gasteiger charge is -2.18. The van der Waals surface area contributed by atoms with Gasteiger partial charge >= 0.3 is 12.2 Å². The Morgan fingerprint density at radius 3 is 2.55 bits per heavy atom. The van der Waals surface area contributed by atoms with Crippen molar-refractivity contribution in [1.82, 2.24) is 25.1 Å². The van der Waals surface area contributed by atoms with Crippen molar-refractivity contribution in [3.05, 3.63) is 70.6 Å². The smallest absolute Gasteiger partial charge is 0.323 e. The van der Waals surface area contributed by atoms with Crippen LogP contribution in [0.15, 0.2) is 48.7 Å². The first-order chi connectivity index (χ1) is 18.0. The van der Waals surface area contributed by atoms with Gasteiger partial charge in [0.05, 0.1) is 28.2 Å². The summed E-state index contributed by atoms with van der Waals surface area (Å²) in [6, 6.07) is 10.3. The van der Waals surface area contributed by atoms with Crippen molar-refractivity contribution >= 4 is 65.2 Å². The lowest BCUT2D eigenvalue weighted by Crippen LogP contribution is -2.27. The molecule has 0 bridgehead atoms. The minimum atomic E-state index is -4.69. The number of benzene rings is 1. The molecule has 0 aliphatic carbocycles. The minimum Gasteiger partial charge on any atom is -0.323 e. The molecule has 4 rings (SSSR count). The van der Waals surface area contributed by atoms with E-state index in [4.69, 9.17) is 16.9 Å². The van der Waals surface area contributed by atoms with E-state index >= 15 is 0 Å². The maximum atomic E-state index is 13.1. The Labute approximate surface area is 223 Å². The van der Waals surface area contributed by atoms with E-state index in [2.05, 4.69) is 53.9 Å². The quantitative estimate of drug-likeness (QED) is 0.185. The molecular weight excluding hydrogens is 545 g/mol. The molecule has 3 aromatic heterocycles. The maximum Gasteiger partial charge on any atom is 0.417 e. The number of halogens is 4. The number of carbonyl (C=O) groups excluding carboxylic acids is 1. The van der Waals surface area contributed by atoms with Crippen LogP contribution in [0.2, 0.25) is 5.02 Å². The van der Waals surface area contributed by atoms with E-state index in [1.165, 1.54) is 24.4 Å². The van der Waals surface area contributed by atoms with E-state index in [-0.39, 0.29) is 23.1 Å². The van der Waals surface area contributed by atoms with Crippen LogP contribution >= 0.6 is 24.4 Å². The van der Waals surface area contributed by atoms with Crippen molar-refractivity contribution in [1.29, 1.82) is 5.26 Å². The van der Waals surface area contributed by atoms with Gasteiger partial charge in [0, 0.05) is 17.8 Å². The highest BCUT2D eigenvalue weighted by atomic mass is 35.5. The number of alkyl halides is 3. The normalized spacial score (nSPS) is 11.0. The number of nitrogens with one attached hydrogen (secondary N) is 4. The van der Waals surface area contributed by atoms with E-state index in [1.54, 1.807) is 19.1 Å². The predicted molar refractivity (Wildman–Crippen MR) is 138 cm³/mol. The highest BCUT2D eigenvalue weighted by Gasteiger charge is 2.34. The van der Waals surface area contributed by atoms with Gasteiger partial charge in [0.1, 0.15) is 23.4 Å². The Bertz CT molecular complexity index is 1520. The van der Waals surface area contributed by atoms with Gasteiger partial charge in [-0.2, -0.15) is 28.5 Å². The van der Waals surface area contributed by atoms with Gasteiger partial charge in [-0.3, -0.25) is 10.4 Å². The van der Waals surface area contributed by atoms with Crippen LogP contribution in [0.25, 0.3) is 0 Å². The van der Waals surface area contributed by atoms with E-state index in [0.29, 0.717) is 27.3 Å². The molecule has 0 spiro atoms. The average Bonchev–Trinajstić information content (AvgIpc) is 3.31. The fourth-order valence-corrected chi connectivity index (χ4v) is 3.47. The molecule has 194 valence electrons. The van der Waals surface area contributed by atoms with Gasteiger partial charge in [-0.1, -0.05) is 24.4 Å². The number of nitriles is 1. The molecule has 0 fully saturated rings. The van der Waals surface area contributed by atoms with Gasteiger partial charge in [-0.25, -0.2) is 19.1 Å². The van der Waals surface area contributed by atoms with Gasteiger partial charge < -0.3 is 10.6 Å². The number of H-pyrrole nitrogens is 1. The zero-order valence-electron chi connectivity index (χ0n) is 19.2. The molecule has 0 unspecified atom stereocenters. The maximum absolute atomic E-state index is 13.1. The van der Waals surface area contributed by atoms with Crippen LogP contribution in [-0.2, 0) is 6.18 Å². The molecule has 4 aromatic rings. The molecule has 16 heteroatoms. The van der Waals surface area contributed by atoms with Crippen LogP contribution in [0, 0.1) is 18.3 Å². The standard InChI is InChI=1S/C22H16ClF3N10OS/c1-11-6-18(31-19-7-13(9-27)34-35-19)32-20(29-11)30-12-2-5-17(28-10-12)33-21(37)36(38)14-3-4-16(23)15(8-14)22(24,25)26/h2-8,10,38H,1H3,(H,28,33,37)(H3,29,30,31,32,34,35). The fourth-order valence-electron chi connectivity index (χ4n) is 3.08. The summed E-state index contributed by atoms with van der Waals surface area (Å²) in [5.74, 6) is 1.19. The molecule has 0 aliphatic rings. The number of aromatic amines is 1. The van der Waals surface area contributed by atoms with Crippen LogP contribution < -0.4 is 20.3 Å². The molecule has 11 nitrogen and oxygen atoms in total. The first-order valence-electron chi connectivity index (χ1n) is 10.5. The molecular formula is C22H16ClF3N10OS. The zero-order valence-corrected chi connectivity index (χ0v) is 20.8. The summed E-state index contributed by atoms with van der Waals surface area (Å²) in [5, 5.41) is 23.3. The van der Waals surface area contributed by atoms with Crippen LogP contribution in [-0.4, -0.2) is 31.2 Å². The SMILES string of the molecule is Cc1cc(Nc2cc(C#N)[nH]n2)nc(Nc2ccc(NC(=O)N(S)c3ccc(Cl)c(C(F)(F)F)c3)nc2)n1. The lowest BCUT2D eigenvalue weighted by molar-refractivity contribution is -0.137. The van der Waals surface area contributed by atoms with Crippen LogP contribution in [0.3, 0.4) is 0 Å². The van der Waals surface area contributed by atoms with E-state index in [1.807, 2.05) is 6.07 Å². The van der Waals surface area contributed by atoms with Crippen molar-refractivity contribution < 1.29 is 18.0 Å². The van der Waals surface area contributed by atoms with Gasteiger partial charge in [0.2, 0.25) is 5.95 Å². The number of thiol groups is 1. The number of amides is 2. The number of hydrogen-bond donors (Lipinski definition) is 5. The summed E-state index contributed by atoms with van der Waals surface area (Å²) in [4.78, 5) is 25.3. The minimum absolute atomic E-state index is 0.115. The molecule has 0 saturated heterocycles. The Morgan fingerprint density at radius 1 is 1.11 bits per heavy atom. The van der Waals surface area contributed by atoms with Gasteiger partial charge in [-0.15, -0.1) is 0 Å². The molecule has 0 saturated carbocycles. The summed E-state index contributed by atoms with van der Waals surface area (Å²) in [6.45, 7) is 1.77. The van der Waals surface area contributed by atoms with Crippen LogP contribution in [0.1, 0.15) is 17.0 Å². The summed E-state index contributed by atoms with van der Waals surface area (Å²) in [6.07, 6.45) is -3.30. The second-order valence-electron chi connectivity index (χ2n) is 7.58. The summed E-state index contributed by atoms with van der Waals surface area (Å²) in [7, 11) is 0. The summed E-state index contributed by atoms with van der Waals surface area (Å²) >= 11 is 9.62. The van der Waals surface area contributed by atoms with E-state index in [0.717, 1.165) is 12.1 Å². The highest BCUT2D eigenvalue weighted by molar-refractivity contribution is 7.82. The number of urea groups is 1. The third-order valence-electron chi connectivity index (χ3n) is 4.76. The Hall–Kier alpha value is -4.55.